The van der Waals surface area contributed by atoms with Gasteiger partial charge in [0, 0.05) is 23.5 Å². The van der Waals surface area contributed by atoms with E-state index in [1.807, 2.05) is 56.3 Å². The van der Waals surface area contributed by atoms with Gasteiger partial charge in [0.1, 0.15) is 11.5 Å². The lowest BCUT2D eigenvalue weighted by Crippen LogP contribution is -2.20. The summed E-state index contributed by atoms with van der Waals surface area (Å²) in [5.74, 6) is 3.04. The van der Waals surface area contributed by atoms with E-state index < -0.39 is 0 Å². The zero-order chi connectivity index (χ0) is 18.5. The first-order chi connectivity index (χ1) is 12.6. The zero-order valence-electron chi connectivity index (χ0n) is 14.6. The van der Waals surface area contributed by atoms with Crippen molar-refractivity contribution in [2.45, 2.75) is 19.8 Å². The zero-order valence-corrected chi connectivity index (χ0v) is 14.6. The van der Waals surface area contributed by atoms with E-state index in [0.717, 1.165) is 16.7 Å². The number of rotatable bonds is 4. The van der Waals surface area contributed by atoms with Crippen LogP contribution in [0.1, 0.15) is 29.5 Å². The number of aryl methyl sites for hydroxylation is 1. The number of terminal acetylenes is 1. The number of hydrogen-bond acceptors (Lipinski definition) is 4. The van der Waals surface area contributed by atoms with Gasteiger partial charge in [-0.25, -0.2) is 9.97 Å². The third kappa shape index (κ3) is 3.76. The number of amides is 1. The fourth-order valence-corrected chi connectivity index (χ4v) is 2.43. The Morgan fingerprint density at radius 3 is 2.58 bits per heavy atom. The first-order valence-electron chi connectivity index (χ1n) is 8.21. The lowest BCUT2D eigenvalue weighted by atomic mass is 9.99. The summed E-state index contributed by atoms with van der Waals surface area (Å²) in [5, 5.41) is 2.89. The first kappa shape index (κ1) is 17.3. The number of benzene rings is 1. The average Bonchev–Trinajstić information content (AvgIpc) is 2.69. The van der Waals surface area contributed by atoms with E-state index in [1.165, 1.54) is 0 Å². The van der Waals surface area contributed by atoms with Gasteiger partial charge in [-0.05, 0) is 43.7 Å². The van der Waals surface area contributed by atoms with Crippen molar-refractivity contribution in [3.8, 4) is 23.9 Å². The Morgan fingerprint density at radius 2 is 1.92 bits per heavy atom. The number of pyridine rings is 1. The van der Waals surface area contributed by atoms with Crippen LogP contribution in [0, 0.1) is 19.3 Å². The number of hydrogen-bond donors (Lipinski definition) is 1. The smallest absolute Gasteiger partial charge is 0.232 e. The van der Waals surface area contributed by atoms with E-state index in [2.05, 4.69) is 26.2 Å². The normalized spacial score (nSPS) is 11.4. The number of anilines is 1. The minimum Gasteiger partial charge on any atom is -0.310 e. The van der Waals surface area contributed by atoms with Gasteiger partial charge in [0.25, 0.3) is 0 Å². The molecule has 128 valence electrons. The minimum absolute atomic E-state index is 0.146. The summed E-state index contributed by atoms with van der Waals surface area (Å²) in [6, 6.07) is 12.9. The van der Waals surface area contributed by atoms with Crippen LogP contribution in [0.25, 0.3) is 11.5 Å². The molecule has 0 saturated heterocycles. The van der Waals surface area contributed by atoms with Crippen molar-refractivity contribution in [3.63, 3.8) is 0 Å². The Kier molecular flexibility index (Phi) is 5.04. The molecule has 3 rings (SSSR count). The van der Waals surface area contributed by atoms with Gasteiger partial charge in [0.05, 0.1) is 5.92 Å². The van der Waals surface area contributed by atoms with Gasteiger partial charge in [-0.1, -0.05) is 24.1 Å². The summed E-state index contributed by atoms with van der Waals surface area (Å²) in [7, 11) is 0. The molecule has 2 heterocycles. The van der Waals surface area contributed by atoms with Crippen molar-refractivity contribution >= 4 is 11.7 Å². The van der Waals surface area contributed by atoms with Crippen LogP contribution in [-0.4, -0.2) is 20.9 Å². The lowest BCUT2D eigenvalue weighted by molar-refractivity contribution is -0.117. The van der Waals surface area contributed by atoms with E-state index in [0.29, 0.717) is 17.3 Å². The van der Waals surface area contributed by atoms with Crippen molar-refractivity contribution in [1.82, 2.24) is 15.0 Å². The highest BCUT2D eigenvalue weighted by molar-refractivity contribution is 5.95. The molecule has 1 atom stereocenters. The van der Waals surface area contributed by atoms with Gasteiger partial charge >= 0.3 is 0 Å². The topological polar surface area (TPSA) is 67.8 Å². The second-order valence-corrected chi connectivity index (χ2v) is 5.92. The molecule has 3 aromatic rings. The fraction of sp³-hybridized carbons (Fsp3) is 0.143. The van der Waals surface area contributed by atoms with Gasteiger partial charge in [0.15, 0.2) is 5.82 Å². The highest BCUT2D eigenvalue weighted by Gasteiger charge is 2.17. The van der Waals surface area contributed by atoms with E-state index in [9.17, 15) is 4.79 Å². The molecule has 1 unspecified atom stereocenters. The van der Waals surface area contributed by atoms with Crippen LogP contribution in [0.2, 0.25) is 0 Å². The van der Waals surface area contributed by atoms with E-state index in [1.54, 1.807) is 12.4 Å². The van der Waals surface area contributed by atoms with Crippen LogP contribution < -0.4 is 5.32 Å². The third-order valence-electron chi connectivity index (χ3n) is 4.08. The Hall–Kier alpha value is -3.52. The predicted molar refractivity (Wildman–Crippen MR) is 101 cm³/mol. The van der Waals surface area contributed by atoms with E-state index >= 15 is 0 Å². The number of nitrogens with zero attached hydrogens (tertiary/aromatic N) is 3. The van der Waals surface area contributed by atoms with Gasteiger partial charge in [-0.15, -0.1) is 6.42 Å². The molecule has 0 aliphatic heterocycles. The minimum atomic E-state index is -0.338. The molecule has 1 aromatic carbocycles. The molecule has 0 saturated carbocycles. The number of aromatic nitrogens is 3. The Labute approximate surface area is 152 Å². The maximum atomic E-state index is 12.6. The summed E-state index contributed by atoms with van der Waals surface area (Å²) in [5.41, 5.74) is 3.11. The van der Waals surface area contributed by atoms with Gasteiger partial charge in [-0.3, -0.25) is 9.78 Å². The standard InChI is InChI=1S/C21H18N4O/c1-4-16-8-10-17(11-9-16)15(3)21(26)25-19-14(2)13-23-20(24-19)18-7-5-6-12-22-18/h1,5-13,15H,2-3H3,(H,23,24,25,26). The Balaban J connectivity index is 1.81. The maximum absolute atomic E-state index is 12.6. The number of carbonyl (C=O) groups excluding carboxylic acids is 1. The summed E-state index contributed by atoms with van der Waals surface area (Å²) >= 11 is 0. The van der Waals surface area contributed by atoms with Gasteiger partial charge in [-0.2, -0.15) is 0 Å². The molecule has 0 aliphatic carbocycles. The summed E-state index contributed by atoms with van der Waals surface area (Å²) < 4.78 is 0. The van der Waals surface area contributed by atoms with E-state index in [4.69, 9.17) is 6.42 Å². The van der Waals surface area contributed by atoms with Crippen LogP contribution in [0.4, 0.5) is 5.82 Å². The van der Waals surface area contributed by atoms with Crippen LogP contribution in [0.3, 0.4) is 0 Å². The van der Waals surface area contributed by atoms with Crippen molar-refractivity contribution in [2.75, 3.05) is 5.32 Å². The fourth-order valence-electron chi connectivity index (χ4n) is 2.43. The summed E-state index contributed by atoms with van der Waals surface area (Å²) in [4.78, 5) is 25.6. The monoisotopic (exact) mass is 342 g/mol. The molecule has 0 fully saturated rings. The molecule has 2 aromatic heterocycles. The molecule has 0 radical (unpaired) electrons. The van der Waals surface area contributed by atoms with Crippen LogP contribution in [0.15, 0.2) is 54.9 Å². The molecule has 5 nitrogen and oxygen atoms in total. The highest BCUT2D eigenvalue weighted by atomic mass is 16.1. The van der Waals surface area contributed by atoms with Gasteiger partial charge in [0.2, 0.25) is 5.91 Å². The third-order valence-corrected chi connectivity index (χ3v) is 4.08. The first-order valence-corrected chi connectivity index (χ1v) is 8.21. The molecule has 0 spiro atoms. The lowest BCUT2D eigenvalue weighted by Gasteiger charge is -2.14. The molecule has 0 bridgehead atoms. The second-order valence-electron chi connectivity index (χ2n) is 5.92. The molecule has 1 amide bonds. The maximum Gasteiger partial charge on any atom is 0.232 e. The van der Waals surface area contributed by atoms with E-state index in [-0.39, 0.29) is 11.8 Å². The molecule has 0 aliphatic rings. The SMILES string of the molecule is C#Cc1ccc(C(C)C(=O)Nc2nc(-c3ccccn3)ncc2C)cc1. The highest BCUT2D eigenvalue weighted by Crippen LogP contribution is 2.21. The second kappa shape index (κ2) is 7.58. The van der Waals surface area contributed by atoms with Crippen molar-refractivity contribution < 1.29 is 4.79 Å². The van der Waals surface area contributed by atoms with Crippen LogP contribution in [-0.2, 0) is 4.79 Å². The van der Waals surface area contributed by atoms with Gasteiger partial charge < -0.3 is 5.32 Å². The number of carbonyl (C=O) groups is 1. The quantitative estimate of drug-likeness (QED) is 0.736. The largest absolute Gasteiger partial charge is 0.310 e. The Bertz CT molecular complexity index is 960. The van der Waals surface area contributed by atoms with Crippen molar-refractivity contribution in [1.29, 1.82) is 0 Å². The molecule has 5 heteroatoms. The molecular weight excluding hydrogens is 324 g/mol. The van der Waals surface area contributed by atoms with Crippen molar-refractivity contribution in [2.24, 2.45) is 0 Å². The average molecular weight is 342 g/mol. The molecular formula is C21H18N4O. The molecule has 26 heavy (non-hydrogen) atoms. The summed E-state index contributed by atoms with van der Waals surface area (Å²) in [6.07, 6.45) is 8.73. The molecule has 1 N–H and O–H groups in total. The van der Waals surface area contributed by atoms with Crippen LogP contribution >= 0.6 is 0 Å². The Morgan fingerprint density at radius 1 is 1.15 bits per heavy atom. The number of nitrogens with one attached hydrogen (secondary N) is 1. The summed E-state index contributed by atoms with van der Waals surface area (Å²) in [6.45, 7) is 3.70. The predicted octanol–water partition coefficient (Wildman–Crippen LogP) is 3.57. The van der Waals surface area contributed by atoms with Crippen molar-refractivity contribution in [3.05, 3.63) is 71.5 Å². The van der Waals surface area contributed by atoms with Crippen LogP contribution in [0.5, 0.6) is 0 Å².